The van der Waals surface area contributed by atoms with E-state index in [2.05, 4.69) is 25.8 Å². The molecule has 0 atom stereocenters. The normalized spacial score (nSPS) is 14.4. The number of aromatic nitrogens is 2. The first-order chi connectivity index (χ1) is 16.2. The molecule has 0 N–H and O–H groups in total. The Morgan fingerprint density at radius 2 is 1.71 bits per heavy atom. The van der Waals surface area contributed by atoms with Gasteiger partial charge in [-0.3, -0.25) is 4.79 Å². The van der Waals surface area contributed by atoms with E-state index in [1.165, 1.54) is 6.07 Å². The molecule has 1 aliphatic rings. The molecule has 0 bridgehead atoms. The van der Waals surface area contributed by atoms with Crippen molar-refractivity contribution in [2.45, 2.75) is 26.4 Å². The lowest BCUT2D eigenvalue weighted by molar-refractivity contribution is -0.137. The number of alkyl halides is 3. The van der Waals surface area contributed by atoms with Crippen LogP contribution in [0.2, 0.25) is 0 Å². The molecule has 1 aliphatic heterocycles. The van der Waals surface area contributed by atoms with Crippen molar-refractivity contribution in [1.82, 2.24) is 14.9 Å². The molecule has 2 aromatic carbocycles. The van der Waals surface area contributed by atoms with Gasteiger partial charge in [0.25, 0.3) is 5.91 Å². The second-order valence-electron chi connectivity index (χ2n) is 8.15. The van der Waals surface area contributed by atoms with Gasteiger partial charge in [-0.05, 0) is 49.7 Å². The lowest BCUT2D eigenvalue weighted by Gasteiger charge is -2.36. The van der Waals surface area contributed by atoms with Crippen molar-refractivity contribution in [3.05, 3.63) is 75.4 Å². The number of benzene rings is 2. The topological polar surface area (TPSA) is 49.3 Å². The molecule has 1 saturated heterocycles. The van der Waals surface area contributed by atoms with Crippen molar-refractivity contribution in [2.75, 3.05) is 31.1 Å². The van der Waals surface area contributed by atoms with E-state index in [9.17, 15) is 18.0 Å². The molecule has 4 rings (SSSR count). The molecule has 5 nitrogen and oxygen atoms in total. The highest BCUT2D eigenvalue weighted by atomic mass is 79.9. The van der Waals surface area contributed by atoms with Crippen LogP contribution in [0, 0.1) is 6.92 Å². The summed E-state index contributed by atoms with van der Waals surface area (Å²) in [4.78, 5) is 26.0. The summed E-state index contributed by atoms with van der Waals surface area (Å²) in [6.07, 6.45) is -3.74. The van der Waals surface area contributed by atoms with Gasteiger partial charge in [-0.25, -0.2) is 9.97 Å². The maximum Gasteiger partial charge on any atom is 0.416 e. The quantitative estimate of drug-likeness (QED) is 0.428. The predicted molar refractivity (Wildman–Crippen MR) is 129 cm³/mol. The van der Waals surface area contributed by atoms with Gasteiger partial charge in [-0.2, -0.15) is 13.2 Å². The smallest absolute Gasteiger partial charge is 0.353 e. The van der Waals surface area contributed by atoms with Crippen LogP contribution in [0.1, 0.15) is 34.1 Å². The number of nitrogens with zero attached hydrogens (tertiary/aromatic N) is 4. The fourth-order valence-electron chi connectivity index (χ4n) is 4.12. The zero-order valence-electron chi connectivity index (χ0n) is 18.9. The first-order valence-corrected chi connectivity index (χ1v) is 11.8. The Morgan fingerprint density at radius 3 is 2.32 bits per heavy atom. The average molecular weight is 533 g/mol. The summed E-state index contributed by atoms with van der Waals surface area (Å²) >= 11 is 3.38. The Morgan fingerprint density at radius 1 is 1.03 bits per heavy atom. The highest BCUT2D eigenvalue weighted by molar-refractivity contribution is 9.10. The van der Waals surface area contributed by atoms with E-state index in [4.69, 9.17) is 4.98 Å². The number of aryl methyl sites for hydroxylation is 1. The van der Waals surface area contributed by atoms with Crippen molar-refractivity contribution in [1.29, 1.82) is 0 Å². The molecule has 0 spiro atoms. The van der Waals surface area contributed by atoms with Crippen LogP contribution >= 0.6 is 15.9 Å². The number of hydrogen-bond donors (Lipinski definition) is 0. The maximum absolute atomic E-state index is 13.2. The van der Waals surface area contributed by atoms with E-state index in [-0.39, 0.29) is 11.7 Å². The van der Waals surface area contributed by atoms with Gasteiger partial charge in [0.1, 0.15) is 5.82 Å². The highest BCUT2D eigenvalue weighted by Crippen LogP contribution is 2.33. The highest BCUT2D eigenvalue weighted by Gasteiger charge is 2.31. The van der Waals surface area contributed by atoms with Gasteiger partial charge < -0.3 is 9.80 Å². The number of rotatable bonds is 4. The third-order valence-electron chi connectivity index (χ3n) is 5.95. The van der Waals surface area contributed by atoms with Gasteiger partial charge in [-0.15, -0.1) is 0 Å². The van der Waals surface area contributed by atoms with Gasteiger partial charge in [0, 0.05) is 53.0 Å². The molecule has 178 valence electrons. The SMILES string of the molecule is CCc1c(C)nc(-c2cccc(C(F)(F)F)c2)nc1N1CCN(C(=O)c2ccc(Br)cc2)CC1. The summed E-state index contributed by atoms with van der Waals surface area (Å²) in [6, 6.07) is 12.4. The maximum atomic E-state index is 13.2. The summed E-state index contributed by atoms with van der Waals surface area (Å²) in [6.45, 7) is 6.07. The van der Waals surface area contributed by atoms with E-state index >= 15 is 0 Å². The number of halogens is 4. The fourth-order valence-corrected chi connectivity index (χ4v) is 4.38. The summed E-state index contributed by atoms with van der Waals surface area (Å²) < 4.78 is 40.6. The molecule has 0 saturated carbocycles. The third kappa shape index (κ3) is 5.09. The Kier molecular flexibility index (Phi) is 6.93. The average Bonchev–Trinajstić information content (AvgIpc) is 2.83. The molecule has 2 heterocycles. The molecular weight excluding hydrogens is 509 g/mol. The molecule has 9 heteroatoms. The Balaban J connectivity index is 1.58. The van der Waals surface area contributed by atoms with Crippen LogP contribution in [0.15, 0.2) is 53.0 Å². The number of carbonyl (C=O) groups is 1. The number of anilines is 1. The number of piperazine rings is 1. The second-order valence-corrected chi connectivity index (χ2v) is 9.07. The second kappa shape index (κ2) is 9.74. The van der Waals surface area contributed by atoms with Crippen LogP contribution in [-0.2, 0) is 12.6 Å². The van der Waals surface area contributed by atoms with E-state index in [1.807, 2.05) is 30.9 Å². The standard InChI is InChI=1S/C25H24BrF3N4O/c1-3-21-16(2)30-22(18-5-4-6-19(15-18)25(27,28)29)31-23(21)32-11-13-33(14-12-32)24(34)17-7-9-20(26)10-8-17/h4-10,15H,3,11-14H2,1-2H3. The molecule has 1 aromatic heterocycles. The Bertz CT molecular complexity index is 1190. The molecule has 1 amide bonds. The van der Waals surface area contributed by atoms with Gasteiger partial charge in [0.05, 0.1) is 5.56 Å². The first kappa shape index (κ1) is 24.2. The summed E-state index contributed by atoms with van der Waals surface area (Å²) in [7, 11) is 0. The van der Waals surface area contributed by atoms with E-state index < -0.39 is 11.7 Å². The van der Waals surface area contributed by atoms with Gasteiger partial charge >= 0.3 is 6.18 Å². The molecule has 0 radical (unpaired) electrons. The van der Waals surface area contributed by atoms with Crippen LogP contribution in [0.5, 0.6) is 0 Å². The summed E-state index contributed by atoms with van der Waals surface area (Å²) in [5.74, 6) is 0.966. The third-order valence-corrected chi connectivity index (χ3v) is 6.48. The number of hydrogen-bond acceptors (Lipinski definition) is 4. The van der Waals surface area contributed by atoms with Gasteiger partial charge in [-0.1, -0.05) is 35.0 Å². The zero-order valence-corrected chi connectivity index (χ0v) is 20.4. The predicted octanol–water partition coefficient (Wildman–Crippen LogP) is 5.76. The minimum absolute atomic E-state index is 0.0219. The fraction of sp³-hybridized carbons (Fsp3) is 0.320. The van der Waals surface area contributed by atoms with Gasteiger partial charge in [0.15, 0.2) is 5.82 Å². The lowest BCUT2D eigenvalue weighted by atomic mass is 10.1. The summed E-state index contributed by atoms with van der Waals surface area (Å²) in [5, 5.41) is 0. The molecule has 0 aliphatic carbocycles. The van der Waals surface area contributed by atoms with Crippen molar-refractivity contribution >= 4 is 27.7 Å². The van der Waals surface area contributed by atoms with Crippen LogP contribution in [-0.4, -0.2) is 47.0 Å². The molecule has 0 unspecified atom stereocenters. The minimum atomic E-state index is -4.44. The van der Waals surface area contributed by atoms with Crippen molar-refractivity contribution in [2.24, 2.45) is 0 Å². The number of amides is 1. The van der Waals surface area contributed by atoms with Crippen LogP contribution in [0.3, 0.4) is 0 Å². The molecule has 1 fully saturated rings. The van der Waals surface area contributed by atoms with Crippen LogP contribution in [0.4, 0.5) is 19.0 Å². The lowest BCUT2D eigenvalue weighted by Crippen LogP contribution is -2.49. The zero-order chi connectivity index (χ0) is 24.5. The summed E-state index contributed by atoms with van der Waals surface area (Å²) in [5.41, 5.74) is 1.94. The van der Waals surface area contributed by atoms with E-state index in [0.29, 0.717) is 43.7 Å². The molecule has 3 aromatic rings. The first-order valence-electron chi connectivity index (χ1n) is 11.0. The van der Waals surface area contributed by atoms with Crippen molar-refractivity contribution in [3.63, 3.8) is 0 Å². The number of carbonyl (C=O) groups excluding carboxylic acids is 1. The van der Waals surface area contributed by atoms with Crippen LogP contribution < -0.4 is 4.90 Å². The largest absolute Gasteiger partial charge is 0.416 e. The van der Waals surface area contributed by atoms with E-state index in [1.54, 1.807) is 18.2 Å². The Hall–Kier alpha value is -2.94. The van der Waals surface area contributed by atoms with E-state index in [0.717, 1.165) is 33.7 Å². The Labute approximate surface area is 204 Å². The monoisotopic (exact) mass is 532 g/mol. The van der Waals surface area contributed by atoms with Crippen molar-refractivity contribution in [3.8, 4) is 11.4 Å². The molecular formula is C25H24BrF3N4O. The van der Waals surface area contributed by atoms with Crippen LogP contribution in [0.25, 0.3) is 11.4 Å². The molecule has 34 heavy (non-hydrogen) atoms. The minimum Gasteiger partial charge on any atom is -0.353 e. The van der Waals surface area contributed by atoms with Gasteiger partial charge in [0.2, 0.25) is 0 Å². The van der Waals surface area contributed by atoms with Crippen molar-refractivity contribution < 1.29 is 18.0 Å².